The molecule has 1 heterocycles. The number of amidine groups is 1. The molecule has 1 atom stereocenters. The highest BCUT2D eigenvalue weighted by atomic mass is 79.9. The Hall–Kier alpha value is -2.85. The van der Waals surface area contributed by atoms with Gasteiger partial charge in [-0.25, -0.2) is 0 Å². The van der Waals surface area contributed by atoms with Gasteiger partial charge in [-0.1, -0.05) is 30.0 Å². The molecule has 2 N–H and O–H groups in total. The molecule has 0 aromatic heterocycles. The van der Waals surface area contributed by atoms with E-state index in [0.717, 1.165) is 5.56 Å². The van der Waals surface area contributed by atoms with Gasteiger partial charge in [0.05, 0.1) is 24.9 Å². The zero-order valence-electron chi connectivity index (χ0n) is 16.2. The number of anilines is 1. The molecule has 2 aromatic rings. The summed E-state index contributed by atoms with van der Waals surface area (Å²) in [7, 11) is 3.10. The Labute approximate surface area is 186 Å². The van der Waals surface area contributed by atoms with Crippen LogP contribution in [0.1, 0.15) is 12.0 Å². The first-order valence-corrected chi connectivity index (χ1v) is 10.5. The van der Waals surface area contributed by atoms with Crippen LogP contribution in [-0.4, -0.2) is 42.7 Å². The second-order valence-corrected chi connectivity index (χ2v) is 8.15. The lowest BCUT2D eigenvalue weighted by molar-refractivity contribution is -0.122. The number of methoxy groups -OCH3 is 2. The fourth-order valence-electron chi connectivity index (χ4n) is 2.65. The van der Waals surface area contributed by atoms with Crippen molar-refractivity contribution in [1.29, 1.82) is 0 Å². The summed E-state index contributed by atoms with van der Waals surface area (Å²) in [5.41, 5.74) is 1.42. The van der Waals surface area contributed by atoms with Crippen molar-refractivity contribution >= 4 is 56.6 Å². The maximum Gasteiger partial charge on any atom is 0.240 e. The van der Waals surface area contributed by atoms with Crippen molar-refractivity contribution in [3.8, 4) is 11.5 Å². The van der Waals surface area contributed by atoms with Gasteiger partial charge in [-0.05, 0) is 45.8 Å². The number of hydrogen-bond donors (Lipinski definition) is 2. The zero-order valence-corrected chi connectivity index (χ0v) is 18.6. The molecule has 0 bridgehead atoms. The average Bonchev–Trinajstić information content (AvgIpc) is 3.07. The summed E-state index contributed by atoms with van der Waals surface area (Å²) >= 11 is 4.59. The van der Waals surface area contributed by atoms with Crippen molar-refractivity contribution in [2.75, 3.05) is 19.5 Å². The van der Waals surface area contributed by atoms with Crippen LogP contribution >= 0.6 is 27.7 Å². The van der Waals surface area contributed by atoms with E-state index in [0.29, 0.717) is 26.8 Å². The first-order valence-electron chi connectivity index (χ1n) is 8.85. The second-order valence-electron chi connectivity index (χ2n) is 6.10. The molecule has 0 unspecified atom stereocenters. The van der Waals surface area contributed by atoms with Crippen molar-refractivity contribution in [2.45, 2.75) is 11.7 Å². The number of carbonyl (C=O) groups excluding carboxylic acids is 2. The van der Waals surface area contributed by atoms with E-state index in [2.05, 4.69) is 36.8 Å². The fourth-order valence-corrected chi connectivity index (χ4v) is 4.19. The summed E-state index contributed by atoms with van der Waals surface area (Å²) in [6.45, 7) is 0. The first-order chi connectivity index (χ1) is 14.5. The Kier molecular flexibility index (Phi) is 7.47. The monoisotopic (exact) mass is 490 g/mol. The number of rotatable bonds is 7. The third-order valence-corrected chi connectivity index (χ3v) is 5.68. The van der Waals surface area contributed by atoms with Crippen LogP contribution < -0.4 is 20.1 Å². The van der Waals surface area contributed by atoms with Crippen molar-refractivity contribution in [3.05, 3.63) is 52.5 Å². The molecule has 1 saturated heterocycles. The van der Waals surface area contributed by atoms with Gasteiger partial charge in [0.1, 0.15) is 5.25 Å². The summed E-state index contributed by atoms with van der Waals surface area (Å²) < 4.78 is 11.3. The lowest BCUT2D eigenvalue weighted by atomic mass is 10.2. The van der Waals surface area contributed by atoms with E-state index in [1.807, 2.05) is 24.3 Å². The molecule has 0 radical (unpaired) electrons. The zero-order chi connectivity index (χ0) is 21.5. The molecule has 0 spiro atoms. The number of amides is 2. The van der Waals surface area contributed by atoms with Crippen LogP contribution in [0, 0.1) is 0 Å². The van der Waals surface area contributed by atoms with E-state index in [4.69, 9.17) is 9.47 Å². The second kappa shape index (κ2) is 10.3. The number of hydrogen-bond acceptors (Lipinski definition) is 7. The summed E-state index contributed by atoms with van der Waals surface area (Å²) in [4.78, 5) is 24.3. The topological polar surface area (TPSA) is 101 Å². The molecule has 1 aliphatic heterocycles. The van der Waals surface area contributed by atoms with Gasteiger partial charge in [0.2, 0.25) is 11.8 Å². The third-order valence-electron chi connectivity index (χ3n) is 4.02. The Morgan fingerprint density at radius 1 is 1.27 bits per heavy atom. The predicted octanol–water partition coefficient (Wildman–Crippen LogP) is 3.42. The van der Waals surface area contributed by atoms with E-state index in [9.17, 15) is 9.59 Å². The number of ether oxygens (including phenoxy) is 2. The highest BCUT2D eigenvalue weighted by Gasteiger charge is 2.32. The lowest BCUT2D eigenvalue weighted by Crippen LogP contribution is -2.28. The summed E-state index contributed by atoms with van der Waals surface area (Å²) in [5.74, 6) is 0.616. The summed E-state index contributed by atoms with van der Waals surface area (Å²) in [5, 5.41) is 13.2. The largest absolute Gasteiger partial charge is 0.493 e. The van der Waals surface area contributed by atoms with E-state index in [1.54, 1.807) is 32.4 Å². The molecule has 0 saturated carbocycles. The normalized spacial score (nSPS) is 17.2. The Morgan fingerprint density at radius 2 is 2.03 bits per heavy atom. The first kappa shape index (κ1) is 21.8. The van der Waals surface area contributed by atoms with Gasteiger partial charge in [-0.15, -0.1) is 5.10 Å². The van der Waals surface area contributed by atoms with E-state index in [-0.39, 0.29) is 18.2 Å². The van der Waals surface area contributed by atoms with Crippen molar-refractivity contribution in [3.63, 3.8) is 0 Å². The van der Waals surface area contributed by atoms with Crippen molar-refractivity contribution in [2.24, 2.45) is 10.2 Å². The highest BCUT2D eigenvalue weighted by molar-refractivity contribution is 9.10. The van der Waals surface area contributed by atoms with Gasteiger partial charge in [0, 0.05) is 12.1 Å². The van der Waals surface area contributed by atoms with Crippen LogP contribution in [0.2, 0.25) is 0 Å². The maximum absolute atomic E-state index is 12.2. The molecule has 3 rings (SSSR count). The summed E-state index contributed by atoms with van der Waals surface area (Å²) in [6, 6.07) is 12.6. The number of halogens is 1. The molecule has 0 aliphatic carbocycles. The van der Waals surface area contributed by atoms with Gasteiger partial charge in [0.25, 0.3) is 0 Å². The van der Waals surface area contributed by atoms with Gasteiger partial charge < -0.3 is 20.1 Å². The van der Waals surface area contributed by atoms with Crippen LogP contribution in [-0.2, 0) is 9.59 Å². The average molecular weight is 491 g/mol. The van der Waals surface area contributed by atoms with Gasteiger partial charge in [-0.2, -0.15) is 5.10 Å². The lowest BCUT2D eigenvalue weighted by Gasteiger charge is -2.09. The van der Waals surface area contributed by atoms with Crippen LogP contribution in [0.3, 0.4) is 0 Å². The number of para-hydroxylation sites is 1. The van der Waals surface area contributed by atoms with Crippen LogP contribution in [0.25, 0.3) is 0 Å². The fraction of sp³-hybridized carbons (Fsp3) is 0.200. The molecule has 10 heteroatoms. The number of nitrogens with one attached hydrogen (secondary N) is 2. The van der Waals surface area contributed by atoms with Gasteiger partial charge >= 0.3 is 0 Å². The molecular formula is C20H19BrN4O4S. The molecule has 2 amide bonds. The molecule has 2 aromatic carbocycles. The Bertz CT molecular complexity index is 998. The number of carbonyl (C=O) groups is 2. The maximum atomic E-state index is 12.2. The molecule has 1 fully saturated rings. The Morgan fingerprint density at radius 3 is 2.73 bits per heavy atom. The van der Waals surface area contributed by atoms with Crippen molar-refractivity contribution in [1.82, 2.24) is 5.32 Å². The van der Waals surface area contributed by atoms with Gasteiger partial charge in [-0.3, -0.25) is 9.59 Å². The van der Waals surface area contributed by atoms with Crippen LogP contribution in [0.15, 0.2) is 57.1 Å². The van der Waals surface area contributed by atoms with E-state index in [1.165, 1.54) is 18.0 Å². The minimum absolute atomic E-state index is 0.0384. The van der Waals surface area contributed by atoms with Gasteiger partial charge in [0.15, 0.2) is 16.7 Å². The molecule has 30 heavy (non-hydrogen) atoms. The Balaban J connectivity index is 1.60. The molecule has 1 aliphatic rings. The van der Waals surface area contributed by atoms with E-state index >= 15 is 0 Å². The standard InChI is InChI=1S/C20H19BrN4O4S/c1-28-15-9-12(8-14(21)18(15)29-2)11-22-25-20-24-19(27)16(30-20)10-17(26)23-13-6-4-3-5-7-13/h3-9,11,16H,10H2,1-2H3,(H,23,26)(H,24,25,27)/b22-11-/t16-/m0/s1. The number of nitrogens with zero attached hydrogens (tertiary/aromatic N) is 2. The molecule has 156 valence electrons. The SMILES string of the molecule is COc1cc(/C=N\N=C2\NC(=O)[C@H](CC(=O)Nc3ccccc3)S2)cc(Br)c1OC. The van der Waals surface area contributed by atoms with Crippen molar-refractivity contribution < 1.29 is 19.1 Å². The molecular weight excluding hydrogens is 472 g/mol. The van der Waals surface area contributed by atoms with E-state index < -0.39 is 5.25 Å². The number of thioether (sulfide) groups is 1. The minimum Gasteiger partial charge on any atom is -0.493 e. The molecule has 8 nitrogen and oxygen atoms in total. The predicted molar refractivity (Wildman–Crippen MR) is 121 cm³/mol. The van der Waals surface area contributed by atoms with Crippen LogP contribution in [0.5, 0.6) is 11.5 Å². The smallest absolute Gasteiger partial charge is 0.240 e. The quantitative estimate of drug-likeness (QED) is 0.457. The highest BCUT2D eigenvalue weighted by Crippen LogP contribution is 2.35. The number of benzene rings is 2. The van der Waals surface area contributed by atoms with Crippen LogP contribution in [0.4, 0.5) is 5.69 Å². The minimum atomic E-state index is -0.558. The third kappa shape index (κ3) is 5.61. The summed E-state index contributed by atoms with van der Waals surface area (Å²) in [6.07, 6.45) is 1.57.